The van der Waals surface area contributed by atoms with Crippen LogP contribution in [0.15, 0.2) is 42.5 Å². The summed E-state index contributed by atoms with van der Waals surface area (Å²) in [4.78, 5) is 0. The van der Waals surface area contributed by atoms with Crippen LogP contribution in [-0.4, -0.2) is 5.11 Å². The van der Waals surface area contributed by atoms with Crippen LogP contribution in [0.25, 0.3) is 0 Å². The van der Waals surface area contributed by atoms with E-state index in [1.165, 1.54) is 20.3 Å². The molecule has 0 spiro atoms. The van der Waals surface area contributed by atoms with Gasteiger partial charge in [0.25, 0.3) is 0 Å². The first-order valence-corrected chi connectivity index (χ1v) is 7.51. The average molecular weight is 366 g/mol. The Morgan fingerprint density at radius 3 is 2.21 bits per heavy atom. The highest BCUT2D eigenvalue weighted by Crippen LogP contribution is 2.26. The molecule has 100 valence electrons. The Morgan fingerprint density at radius 2 is 1.63 bits per heavy atom. The van der Waals surface area contributed by atoms with Gasteiger partial charge in [-0.3, -0.25) is 0 Å². The summed E-state index contributed by atoms with van der Waals surface area (Å²) < 4.78 is 1.18. The van der Waals surface area contributed by atoms with Crippen LogP contribution in [0.5, 0.6) is 0 Å². The second-order valence-corrected chi connectivity index (χ2v) is 6.62. The maximum Gasteiger partial charge on any atom is 0.0908 e. The topological polar surface area (TPSA) is 20.2 Å². The molecule has 0 fully saturated rings. The van der Waals surface area contributed by atoms with Crippen molar-refractivity contribution in [1.82, 2.24) is 0 Å². The smallest absolute Gasteiger partial charge is 0.0908 e. The molecule has 2 heteroatoms. The maximum atomic E-state index is 10.7. The highest BCUT2D eigenvalue weighted by Gasteiger charge is 2.23. The van der Waals surface area contributed by atoms with E-state index in [-0.39, 0.29) is 0 Å². The van der Waals surface area contributed by atoms with Crippen LogP contribution in [0.4, 0.5) is 0 Å². The highest BCUT2D eigenvalue weighted by molar-refractivity contribution is 14.1. The van der Waals surface area contributed by atoms with E-state index < -0.39 is 5.60 Å². The molecule has 1 nitrogen and oxygen atoms in total. The lowest BCUT2D eigenvalue weighted by Gasteiger charge is -2.24. The van der Waals surface area contributed by atoms with Crippen LogP contribution in [0.1, 0.15) is 29.2 Å². The molecular formula is C17H19IO. The van der Waals surface area contributed by atoms with E-state index in [1.54, 1.807) is 0 Å². The molecule has 0 saturated carbocycles. The van der Waals surface area contributed by atoms with Gasteiger partial charge in [-0.25, -0.2) is 0 Å². The molecule has 0 aliphatic heterocycles. The maximum absolute atomic E-state index is 10.7. The van der Waals surface area contributed by atoms with Gasteiger partial charge in [0.2, 0.25) is 0 Å². The van der Waals surface area contributed by atoms with Crippen molar-refractivity contribution in [3.63, 3.8) is 0 Å². The van der Waals surface area contributed by atoms with E-state index in [9.17, 15) is 5.11 Å². The zero-order chi connectivity index (χ0) is 14.0. The summed E-state index contributed by atoms with van der Waals surface area (Å²) in [5.41, 5.74) is 3.87. The minimum Gasteiger partial charge on any atom is -0.385 e. The van der Waals surface area contributed by atoms with Gasteiger partial charge in [0.05, 0.1) is 5.60 Å². The summed E-state index contributed by atoms with van der Waals surface area (Å²) in [6, 6.07) is 14.5. The van der Waals surface area contributed by atoms with Gasteiger partial charge in [-0.2, -0.15) is 0 Å². The second kappa shape index (κ2) is 5.63. The van der Waals surface area contributed by atoms with Crippen LogP contribution >= 0.6 is 22.6 Å². The van der Waals surface area contributed by atoms with Crippen LogP contribution < -0.4 is 0 Å². The predicted octanol–water partition coefficient (Wildman–Crippen LogP) is 4.36. The Bertz CT molecular complexity index is 570. The van der Waals surface area contributed by atoms with E-state index in [2.05, 4.69) is 54.6 Å². The van der Waals surface area contributed by atoms with Crippen molar-refractivity contribution in [3.8, 4) is 0 Å². The number of hydrogen-bond acceptors (Lipinski definition) is 1. The van der Waals surface area contributed by atoms with E-state index in [0.29, 0.717) is 6.42 Å². The lowest BCUT2D eigenvalue weighted by molar-refractivity contribution is 0.0576. The van der Waals surface area contributed by atoms with E-state index >= 15 is 0 Å². The van der Waals surface area contributed by atoms with Gasteiger partial charge in [0.15, 0.2) is 0 Å². The first-order chi connectivity index (χ1) is 8.88. The van der Waals surface area contributed by atoms with Gasteiger partial charge < -0.3 is 5.11 Å². The molecular weight excluding hydrogens is 347 g/mol. The normalized spacial score (nSPS) is 14.2. The van der Waals surface area contributed by atoms with Crippen LogP contribution in [0.2, 0.25) is 0 Å². The van der Waals surface area contributed by atoms with Crippen LogP contribution in [0, 0.1) is 17.4 Å². The van der Waals surface area contributed by atoms with Crippen molar-refractivity contribution < 1.29 is 5.11 Å². The summed E-state index contributed by atoms with van der Waals surface area (Å²) in [5.74, 6) is 0. The molecule has 0 amide bonds. The molecule has 0 aliphatic rings. The zero-order valence-corrected chi connectivity index (χ0v) is 13.7. The molecule has 0 bridgehead atoms. The third-order valence-electron chi connectivity index (χ3n) is 3.59. The minimum absolute atomic E-state index is 0.634. The van der Waals surface area contributed by atoms with Crippen molar-refractivity contribution in [2.45, 2.75) is 32.8 Å². The lowest BCUT2D eigenvalue weighted by Crippen LogP contribution is -2.24. The van der Waals surface area contributed by atoms with Gasteiger partial charge in [-0.05, 0) is 77.7 Å². The van der Waals surface area contributed by atoms with Crippen LogP contribution in [-0.2, 0) is 12.0 Å². The molecule has 0 aliphatic carbocycles. The first kappa shape index (κ1) is 14.5. The van der Waals surface area contributed by atoms with Crippen molar-refractivity contribution >= 4 is 22.6 Å². The minimum atomic E-state index is -0.827. The average Bonchev–Trinajstić information content (AvgIpc) is 2.34. The fraction of sp³-hybridized carbons (Fsp3) is 0.294. The Labute approximate surface area is 128 Å². The molecule has 0 aromatic heterocycles. The highest BCUT2D eigenvalue weighted by atomic mass is 127. The Kier molecular flexibility index (Phi) is 4.31. The number of benzene rings is 2. The Hall–Kier alpha value is -0.870. The molecule has 2 rings (SSSR count). The third kappa shape index (κ3) is 3.57. The van der Waals surface area contributed by atoms with Crippen molar-refractivity contribution in [1.29, 1.82) is 0 Å². The second-order valence-electron chi connectivity index (χ2n) is 5.38. The molecule has 0 saturated heterocycles. The van der Waals surface area contributed by atoms with Gasteiger partial charge in [0, 0.05) is 9.99 Å². The first-order valence-electron chi connectivity index (χ1n) is 6.43. The summed E-state index contributed by atoms with van der Waals surface area (Å²) in [5, 5.41) is 10.7. The fourth-order valence-corrected chi connectivity index (χ4v) is 2.58. The number of halogens is 1. The van der Waals surface area contributed by atoms with Crippen molar-refractivity contribution in [2.24, 2.45) is 0 Å². The SMILES string of the molecule is Cc1ccc(CC(C)(O)c2ccc(I)cc2)cc1C. The fourth-order valence-electron chi connectivity index (χ4n) is 2.22. The molecule has 1 atom stereocenters. The molecule has 1 N–H and O–H groups in total. The molecule has 2 aromatic carbocycles. The zero-order valence-electron chi connectivity index (χ0n) is 11.6. The lowest BCUT2D eigenvalue weighted by atomic mass is 9.88. The number of rotatable bonds is 3. The van der Waals surface area contributed by atoms with Gasteiger partial charge in [-0.1, -0.05) is 30.3 Å². The van der Waals surface area contributed by atoms with E-state index in [0.717, 1.165) is 5.56 Å². The summed E-state index contributed by atoms with van der Waals surface area (Å²) in [6.45, 7) is 6.10. The standard InChI is InChI=1S/C17H19IO/c1-12-4-5-14(10-13(12)2)11-17(3,19)15-6-8-16(18)9-7-15/h4-10,19H,11H2,1-3H3. The van der Waals surface area contributed by atoms with Crippen molar-refractivity contribution in [3.05, 3.63) is 68.3 Å². The van der Waals surface area contributed by atoms with Crippen LogP contribution in [0.3, 0.4) is 0 Å². The van der Waals surface area contributed by atoms with Crippen molar-refractivity contribution in [2.75, 3.05) is 0 Å². The van der Waals surface area contributed by atoms with E-state index in [4.69, 9.17) is 0 Å². The van der Waals surface area contributed by atoms with Gasteiger partial charge >= 0.3 is 0 Å². The third-order valence-corrected chi connectivity index (χ3v) is 4.30. The predicted molar refractivity (Wildman–Crippen MR) is 88.3 cm³/mol. The summed E-state index contributed by atoms with van der Waals surface area (Å²) in [7, 11) is 0. The molecule has 0 radical (unpaired) electrons. The summed E-state index contributed by atoms with van der Waals surface area (Å²) in [6.07, 6.45) is 0.634. The number of aliphatic hydroxyl groups is 1. The number of hydrogen-bond donors (Lipinski definition) is 1. The van der Waals surface area contributed by atoms with Gasteiger partial charge in [-0.15, -0.1) is 0 Å². The quantitative estimate of drug-likeness (QED) is 0.801. The Morgan fingerprint density at radius 1 is 1.00 bits per heavy atom. The Balaban J connectivity index is 2.25. The monoisotopic (exact) mass is 366 g/mol. The van der Waals surface area contributed by atoms with Gasteiger partial charge in [0.1, 0.15) is 0 Å². The largest absolute Gasteiger partial charge is 0.385 e. The molecule has 1 unspecified atom stereocenters. The summed E-state index contributed by atoms with van der Waals surface area (Å²) >= 11 is 2.27. The number of aryl methyl sites for hydroxylation is 2. The molecule has 19 heavy (non-hydrogen) atoms. The van der Waals surface area contributed by atoms with E-state index in [1.807, 2.05) is 31.2 Å². The molecule has 0 heterocycles. The molecule has 2 aromatic rings.